The van der Waals surface area contributed by atoms with Crippen molar-refractivity contribution in [2.24, 2.45) is 4.99 Å². The molecule has 1 atom stereocenters. The molecule has 1 fully saturated rings. The summed E-state index contributed by atoms with van der Waals surface area (Å²) >= 11 is 0. The molecule has 0 aliphatic carbocycles. The summed E-state index contributed by atoms with van der Waals surface area (Å²) in [6.07, 6.45) is -1.70. The average Bonchev–Trinajstić information content (AvgIpc) is 3.09. The monoisotopic (exact) mass is 525 g/mol. The van der Waals surface area contributed by atoms with Gasteiger partial charge < -0.3 is 15.5 Å². The van der Waals surface area contributed by atoms with E-state index in [2.05, 4.69) is 15.6 Å². The lowest BCUT2D eigenvalue weighted by Gasteiger charge is -2.29. The number of benzene rings is 1. The number of aryl methyl sites for hydroxylation is 1. The number of amides is 1. The molecule has 1 saturated heterocycles. The molecule has 29 heavy (non-hydrogen) atoms. The number of alkyl halides is 3. The maximum atomic E-state index is 12.7. The fraction of sp³-hybridized carbons (Fsp3) is 0.579. The SMILES string of the molecule is CN=C(NCC(=O)N1CCCc2ccccc21)NC1CCN(CC(F)(F)F)C1.I. The number of hydrogen-bond acceptors (Lipinski definition) is 3. The number of hydrogen-bond donors (Lipinski definition) is 2. The second-order valence-electron chi connectivity index (χ2n) is 7.18. The normalized spacial score (nSPS) is 20.1. The van der Waals surface area contributed by atoms with Crippen LogP contribution in [0.5, 0.6) is 0 Å². The summed E-state index contributed by atoms with van der Waals surface area (Å²) in [5.41, 5.74) is 2.11. The van der Waals surface area contributed by atoms with E-state index in [1.807, 2.05) is 24.3 Å². The van der Waals surface area contributed by atoms with Gasteiger partial charge >= 0.3 is 6.18 Å². The lowest BCUT2D eigenvalue weighted by atomic mass is 10.0. The van der Waals surface area contributed by atoms with Crippen molar-refractivity contribution in [3.63, 3.8) is 0 Å². The van der Waals surface area contributed by atoms with Crippen molar-refractivity contribution >= 4 is 41.5 Å². The van der Waals surface area contributed by atoms with Gasteiger partial charge in [0.15, 0.2) is 5.96 Å². The van der Waals surface area contributed by atoms with Crippen LogP contribution in [-0.4, -0.2) is 68.8 Å². The van der Waals surface area contributed by atoms with E-state index in [-0.39, 0.29) is 42.5 Å². The third kappa shape index (κ3) is 6.73. The molecule has 2 aliphatic heterocycles. The summed E-state index contributed by atoms with van der Waals surface area (Å²) < 4.78 is 37.5. The predicted molar refractivity (Wildman–Crippen MR) is 118 cm³/mol. The van der Waals surface area contributed by atoms with Gasteiger partial charge in [0.25, 0.3) is 0 Å². The van der Waals surface area contributed by atoms with Crippen molar-refractivity contribution in [1.82, 2.24) is 15.5 Å². The molecule has 0 bridgehead atoms. The third-order valence-electron chi connectivity index (χ3n) is 5.06. The van der Waals surface area contributed by atoms with E-state index in [9.17, 15) is 18.0 Å². The van der Waals surface area contributed by atoms with Crippen LogP contribution in [0.3, 0.4) is 0 Å². The number of nitrogens with zero attached hydrogens (tertiary/aromatic N) is 3. The van der Waals surface area contributed by atoms with E-state index in [1.165, 1.54) is 10.5 Å². The van der Waals surface area contributed by atoms with E-state index in [1.54, 1.807) is 11.9 Å². The lowest BCUT2D eigenvalue weighted by Crippen LogP contribution is -2.49. The van der Waals surface area contributed by atoms with E-state index >= 15 is 0 Å². The van der Waals surface area contributed by atoms with Crippen LogP contribution in [0.15, 0.2) is 29.3 Å². The maximum Gasteiger partial charge on any atom is 0.401 e. The molecule has 2 aliphatic rings. The molecule has 3 rings (SSSR count). The van der Waals surface area contributed by atoms with Gasteiger partial charge in [-0.3, -0.25) is 14.7 Å². The van der Waals surface area contributed by atoms with Gasteiger partial charge in [0.05, 0.1) is 13.1 Å². The molecule has 162 valence electrons. The molecule has 0 aromatic heterocycles. The Labute approximate surface area is 185 Å². The number of halogens is 4. The van der Waals surface area contributed by atoms with Gasteiger partial charge in [0, 0.05) is 38.4 Å². The summed E-state index contributed by atoms with van der Waals surface area (Å²) in [5, 5.41) is 6.11. The first-order valence-corrected chi connectivity index (χ1v) is 9.50. The predicted octanol–water partition coefficient (Wildman–Crippen LogP) is 2.39. The Morgan fingerprint density at radius 1 is 1.28 bits per heavy atom. The first-order valence-electron chi connectivity index (χ1n) is 9.50. The molecule has 1 unspecified atom stereocenters. The first kappa shape index (κ1) is 23.7. The highest BCUT2D eigenvalue weighted by Gasteiger charge is 2.34. The van der Waals surface area contributed by atoms with Gasteiger partial charge in [-0.15, -0.1) is 24.0 Å². The molecule has 2 N–H and O–H groups in total. The summed E-state index contributed by atoms with van der Waals surface area (Å²) in [6.45, 7) is 0.543. The van der Waals surface area contributed by atoms with Gasteiger partial charge in [0.1, 0.15) is 0 Å². The molecule has 1 aromatic carbocycles. The molecular formula is C19H27F3IN5O. The highest BCUT2D eigenvalue weighted by atomic mass is 127. The smallest absolute Gasteiger partial charge is 0.352 e. The van der Waals surface area contributed by atoms with Crippen molar-refractivity contribution in [1.29, 1.82) is 0 Å². The van der Waals surface area contributed by atoms with Crippen LogP contribution in [-0.2, 0) is 11.2 Å². The first-order chi connectivity index (χ1) is 13.4. The molecule has 1 aromatic rings. The molecule has 0 radical (unpaired) electrons. The summed E-state index contributed by atoms with van der Waals surface area (Å²) in [4.78, 5) is 19.9. The van der Waals surface area contributed by atoms with Crippen molar-refractivity contribution in [3.8, 4) is 0 Å². The Morgan fingerprint density at radius 2 is 2.03 bits per heavy atom. The van der Waals surface area contributed by atoms with Crippen molar-refractivity contribution in [3.05, 3.63) is 29.8 Å². The summed E-state index contributed by atoms with van der Waals surface area (Å²) in [7, 11) is 1.58. The zero-order chi connectivity index (χ0) is 20.1. The Balaban J connectivity index is 0.00000300. The van der Waals surface area contributed by atoms with Gasteiger partial charge in [-0.05, 0) is 30.9 Å². The minimum atomic E-state index is -4.19. The Bertz CT molecular complexity index is 728. The largest absolute Gasteiger partial charge is 0.401 e. The molecule has 0 saturated carbocycles. The number of aliphatic imine (C=N–C) groups is 1. The second-order valence-corrected chi connectivity index (χ2v) is 7.18. The van der Waals surface area contributed by atoms with Gasteiger partial charge in [-0.25, -0.2) is 0 Å². The van der Waals surface area contributed by atoms with Crippen LogP contribution in [0.25, 0.3) is 0 Å². The van der Waals surface area contributed by atoms with Gasteiger partial charge in [0.2, 0.25) is 5.91 Å². The standard InChI is InChI=1S/C19H26F3N5O.HI/c1-23-18(25-15-8-10-26(12-15)13-19(20,21)22)24-11-17(28)27-9-4-6-14-5-2-3-7-16(14)27;/h2-3,5,7,15H,4,6,8-13H2,1H3,(H2,23,24,25);1H. The number of guanidine groups is 1. The van der Waals surface area contributed by atoms with Gasteiger partial charge in [-0.1, -0.05) is 18.2 Å². The van der Waals surface area contributed by atoms with E-state index < -0.39 is 12.7 Å². The summed E-state index contributed by atoms with van der Waals surface area (Å²) in [5.74, 6) is 0.373. The fourth-order valence-corrected chi connectivity index (χ4v) is 3.78. The van der Waals surface area contributed by atoms with Crippen LogP contribution in [0.2, 0.25) is 0 Å². The molecule has 6 nitrogen and oxygen atoms in total. The number of rotatable bonds is 4. The Morgan fingerprint density at radius 3 is 2.76 bits per heavy atom. The number of nitrogens with one attached hydrogen (secondary N) is 2. The van der Waals surface area contributed by atoms with Crippen LogP contribution in [0.1, 0.15) is 18.4 Å². The van der Waals surface area contributed by atoms with Crippen molar-refractivity contribution in [2.45, 2.75) is 31.5 Å². The average molecular weight is 525 g/mol. The topological polar surface area (TPSA) is 60.0 Å². The van der Waals surface area contributed by atoms with Crippen LogP contribution < -0.4 is 15.5 Å². The van der Waals surface area contributed by atoms with Crippen LogP contribution in [0, 0.1) is 0 Å². The minimum absolute atomic E-state index is 0. The maximum absolute atomic E-state index is 12.7. The van der Waals surface area contributed by atoms with E-state index in [4.69, 9.17) is 0 Å². The number of para-hydroxylation sites is 1. The molecular weight excluding hydrogens is 498 g/mol. The lowest BCUT2D eigenvalue weighted by molar-refractivity contribution is -0.143. The highest BCUT2D eigenvalue weighted by Crippen LogP contribution is 2.26. The summed E-state index contributed by atoms with van der Waals surface area (Å²) in [6, 6.07) is 7.76. The molecule has 10 heteroatoms. The van der Waals surface area contributed by atoms with E-state index in [0.717, 1.165) is 18.5 Å². The van der Waals surface area contributed by atoms with Crippen molar-refractivity contribution < 1.29 is 18.0 Å². The number of carbonyl (C=O) groups excluding carboxylic acids is 1. The number of fused-ring (bicyclic) bond motifs is 1. The van der Waals surface area contributed by atoms with Gasteiger partial charge in [-0.2, -0.15) is 13.2 Å². The molecule has 0 spiro atoms. The highest BCUT2D eigenvalue weighted by molar-refractivity contribution is 14.0. The minimum Gasteiger partial charge on any atom is -0.352 e. The number of likely N-dealkylation sites (tertiary alicyclic amines) is 1. The quantitative estimate of drug-likeness (QED) is 0.360. The zero-order valence-corrected chi connectivity index (χ0v) is 18.7. The fourth-order valence-electron chi connectivity index (χ4n) is 3.78. The van der Waals surface area contributed by atoms with Crippen molar-refractivity contribution in [2.75, 3.05) is 44.7 Å². The zero-order valence-electron chi connectivity index (χ0n) is 16.3. The van der Waals surface area contributed by atoms with Crippen LogP contribution >= 0.6 is 24.0 Å². The Hall–Kier alpha value is -1.56. The Kier molecular flexibility index (Phi) is 8.56. The van der Waals surface area contributed by atoms with Crippen LogP contribution in [0.4, 0.5) is 18.9 Å². The van der Waals surface area contributed by atoms with E-state index in [0.29, 0.717) is 32.0 Å². The molecule has 2 heterocycles. The molecule has 1 amide bonds. The number of carbonyl (C=O) groups is 1. The third-order valence-corrected chi connectivity index (χ3v) is 5.06. The second kappa shape index (κ2) is 10.5. The number of anilines is 1.